The van der Waals surface area contributed by atoms with E-state index in [0.29, 0.717) is 6.54 Å². The van der Waals surface area contributed by atoms with Crippen LogP contribution in [-0.2, 0) is 6.54 Å². The SMILES string of the molecule is Nc1ccc(C(=O)NCc2ccc(O)cc2)cc1F. The number of phenolic OH excluding ortho intramolecular Hbond substituents is 1. The molecule has 0 fully saturated rings. The summed E-state index contributed by atoms with van der Waals surface area (Å²) in [6, 6.07) is 10.4. The van der Waals surface area contributed by atoms with E-state index in [1.807, 2.05) is 0 Å². The molecule has 2 aromatic carbocycles. The molecule has 2 aromatic rings. The van der Waals surface area contributed by atoms with Gasteiger partial charge in [0.1, 0.15) is 11.6 Å². The minimum atomic E-state index is -0.614. The molecule has 0 heterocycles. The zero-order valence-electron chi connectivity index (χ0n) is 10.1. The number of amides is 1. The van der Waals surface area contributed by atoms with Gasteiger partial charge in [0.25, 0.3) is 5.91 Å². The van der Waals surface area contributed by atoms with Crippen molar-refractivity contribution in [2.45, 2.75) is 6.54 Å². The van der Waals surface area contributed by atoms with Crippen molar-refractivity contribution in [2.24, 2.45) is 0 Å². The Morgan fingerprint density at radius 3 is 2.53 bits per heavy atom. The van der Waals surface area contributed by atoms with Crippen LogP contribution in [0.5, 0.6) is 5.75 Å². The van der Waals surface area contributed by atoms with E-state index in [1.54, 1.807) is 12.1 Å². The molecule has 0 aromatic heterocycles. The second-order valence-corrected chi connectivity index (χ2v) is 4.09. The monoisotopic (exact) mass is 260 g/mol. The minimum Gasteiger partial charge on any atom is -0.508 e. The Morgan fingerprint density at radius 1 is 1.21 bits per heavy atom. The molecule has 19 heavy (non-hydrogen) atoms. The fraction of sp³-hybridized carbons (Fsp3) is 0.0714. The third-order valence-electron chi connectivity index (χ3n) is 2.65. The van der Waals surface area contributed by atoms with Gasteiger partial charge in [0.05, 0.1) is 5.69 Å². The first-order chi connectivity index (χ1) is 9.06. The van der Waals surface area contributed by atoms with Gasteiger partial charge >= 0.3 is 0 Å². The number of aromatic hydroxyl groups is 1. The van der Waals surface area contributed by atoms with E-state index in [-0.39, 0.29) is 22.9 Å². The standard InChI is InChI=1S/C14H13FN2O2/c15-12-7-10(3-6-13(12)16)14(19)17-8-9-1-4-11(18)5-2-9/h1-7,18H,8,16H2,(H,17,19). The summed E-state index contributed by atoms with van der Waals surface area (Å²) in [6.07, 6.45) is 0. The third kappa shape index (κ3) is 3.22. The van der Waals surface area contributed by atoms with Gasteiger partial charge in [-0.1, -0.05) is 12.1 Å². The second-order valence-electron chi connectivity index (χ2n) is 4.09. The Bertz CT molecular complexity index is 597. The summed E-state index contributed by atoms with van der Waals surface area (Å²) in [6.45, 7) is 0.297. The molecule has 4 N–H and O–H groups in total. The Morgan fingerprint density at radius 2 is 1.89 bits per heavy atom. The van der Waals surface area contributed by atoms with E-state index < -0.39 is 5.82 Å². The van der Waals surface area contributed by atoms with Gasteiger partial charge in [0.15, 0.2) is 0 Å². The van der Waals surface area contributed by atoms with Crippen molar-refractivity contribution in [3.63, 3.8) is 0 Å². The van der Waals surface area contributed by atoms with E-state index in [4.69, 9.17) is 10.8 Å². The van der Waals surface area contributed by atoms with Gasteiger partial charge < -0.3 is 16.2 Å². The number of carbonyl (C=O) groups excluding carboxylic acids is 1. The third-order valence-corrected chi connectivity index (χ3v) is 2.65. The molecule has 1 amide bonds. The van der Waals surface area contributed by atoms with Gasteiger partial charge in [-0.05, 0) is 35.9 Å². The lowest BCUT2D eigenvalue weighted by Crippen LogP contribution is -2.22. The second kappa shape index (κ2) is 5.39. The van der Waals surface area contributed by atoms with Crippen LogP contribution >= 0.6 is 0 Å². The minimum absolute atomic E-state index is 0.00934. The van der Waals surface area contributed by atoms with Gasteiger partial charge in [0, 0.05) is 12.1 Å². The van der Waals surface area contributed by atoms with Crippen molar-refractivity contribution < 1.29 is 14.3 Å². The van der Waals surface area contributed by atoms with E-state index in [1.165, 1.54) is 24.3 Å². The van der Waals surface area contributed by atoms with Crippen molar-refractivity contribution in [3.8, 4) is 5.75 Å². The summed E-state index contributed by atoms with van der Waals surface area (Å²) in [5.74, 6) is -0.833. The number of rotatable bonds is 3. The van der Waals surface area contributed by atoms with E-state index >= 15 is 0 Å². The number of phenols is 1. The molecular formula is C14H13FN2O2. The van der Waals surface area contributed by atoms with Crippen LogP contribution in [0.2, 0.25) is 0 Å². The number of nitrogens with one attached hydrogen (secondary N) is 1. The average Bonchev–Trinajstić information content (AvgIpc) is 2.41. The fourth-order valence-corrected chi connectivity index (χ4v) is 1.57. The Labute approximate surface area is 109 Å². The molecule has 0 saturated heterocycles. The highest BCUT2D eigenvalue weighted by atomic mass is 19.1. The molecule has 0 aliphatic heterocycles. The highest BCUT2D eigenvalue weighted by molar-refractivity contribution is 5.94. The normalized spacial score (nSPS) is 10.2. The van der Waals surface area contributed by atoms with Crippen molar-refractivity contribution in [1.82, 2.24) is 5.32 Å². The summed E-state index contributed by atoms with van der Waals surface area (Å²) >= 11 is 0. The molecule has 0 aliphatic rings. The van der Waals surface area contributed by atoms with E-state index in [0.717, 1.165) is 11.6 Å². The Hall–Kier alpha value is -2.56. The fourth-order valence-electron chi connectivity index (χ4n) is 1.57. The van der Waals surface area contributed by atoms with Crippen LogP contribution in [0.4, 0.5) is 10.1 Å². The van der Waals surface area contributed by atoms with Crippen LogP contribution in [0.3, 0.4) is 0 Å². The maximum Gasteiger partial charge on any atom is 0.251 e. The number of anilines is 1. The summed E-state index contributed by atoms with van der Waals surface area (Å²) in [5, 5.41) is 11.8. The van der Waals surface area contributed by atoms with Gasteiger partial charge in [-0.3, -0.25) is 4.79 Å². The summed E-state index contributed by atoms with van der Waals surface area (Å²) in [7, 11) is 0. The molecule has 0 aliphatic carbocycles. The van der Waals surface area contributed by atoms with Gasteiger partial charge in [-0.15, -0.1) is 0 Å². The van der Waals surface area contributed by atoms with Crippen LogP contribution in [0.15, 0.2) is 42.5 Å². The molecule has 2 rings (SSSR count). The molecule has 4 nitrogen and oxygen atoms in total. The van der Waals surface area contributed by atoms with Gasteiger partial charge in [-0.2, -0.15) is 0 Å². The number of carbonyl (C=O) groups is 1. The summed E-state index contributed by atoms with van der Waals surface area (Å²) in [4.78, 5) is 11.8. The number of hydrogen-bond acceptors (Lipinski definition) is 3. The molecule has 0 bridgehead atoms. The number of benzene rings is 2. The van der Waals surface area contributed by atoms with E-state index in [2.05, 4.69) is 5.32 Å². The van der Waals surface area contributed by atoms with Crippen LogP contribution in [0.1, 0.15) is 15.9 Å². The quantitative estimate of drug-likeness (QED) is 0.739. The maximum atomic E-state index is 13.2. The molecule has 0 radical (unpaired) electrons. The zero-order valence-corrected chi connectivity index (χ0v) is 10.1. The molecule has 5 heteroatoms. The first-order valence-corrected chi connectivity index (χ1v) is 5.67. The molecule has 0 unspecified atom stereocenters. The number of hydrogen-bond donors (Lipinski definition) is 3. The van der Waals surface area contributed by atoms with Crippen LogP contribution in [-0.4, -0.2) is 11.0 Å². The van der Waals surface area contributed by atoms with Crippen LogP contribution in [0, 0.1) is 5.82 Å². The number of nitrogen functional groups attached to an aromatic ring is 1. The predicted molar refractivity (Wildman–Crippen MR) is 70.1 cm³/mol. The number of nitrogens with two attached hydrogens (primary N) is 1. The Balaban J connectivity index is 2.01. The lowest BCUT2D eigenvalue weighted by Gasteiger charge is -2.06. The topological polar surface area (TPSA) is 75.4 Å². The first-order valence-electron chi connectivity index (χ1n) is 5.67. The van der Waals surface area contributed by atoms with Gasteiger partial charge in [0.2, 0.25) is 0 Å². The molecule has 0 spiro atoms. The smallest absolute Gasteiger partial charge is 0.251 e. The lowest BCUT2D eigenvalue weighted by molar-refractivity contribution is 0.0950. The number of halogens is 1. The largest absolute Gasteiger partial charge is 0.508 e. The zero-order chi connectivity index (χ0) is 13.8. The highest BCUT2D eigenvalue weighted by Crippen LogP contribution is 2.12. The van der Waals surface area contributed by atoms with Gasteiger partial charge in [-0.25, -0.2) is 4.39 Å². The molecular weight excluding hydrogens is 247 g/mol. The van der Waals surface area contributed by atoms with Crippen LogP contribution < -0.4 is 11.1 Å². The first kappa shape index (κ1) is 12.9. The average molecular weight is 260 g/mol. The maximum absolute atomic E-state index is 13.2. The molecule has 0 atom stereocenters. The lowest BCUT2D eigenvalue weighted by atomic mass is 10.1. The Kier molecular flexibility index (Phi) is 3.66. The van der Waals surface area contributed by atoms with Crippen LogP contribution in [0.25, 0.3) is 0 Å². The molecule has 0 saturated carbocycles. The molecule has 98 valence electrons. The van der Waals surface area contributed by atoms with Crippen molar-refractivity contribution in [2.75, 3.05) is 5.73 Å². The van der Waals surface area contributed by atoms with E-state index in [9.17, 15) is 9.18 Å². The highest BCUT2D eigenvalue weighted by Gasteiger charge is 2.08. The van der Waals surface area contributed by atoms with Crippen molar-refractivity contribution in [1.29, 1.82) is 0 Å². The summed E-state index contributed by atoms with van der Waals surface area (Å²) in [5.41, 5.74) is 6.40. The van der Waals surface area contributed by atoms with Crippen molar-refractivity contribution >= 4 is 11.6 Å². The summed E-state index contributed by atoms with van der Waals surface area (Å²) < 4.78 is 13.2. The van der Waals surface area contributed by atoms with Crippen molar-refractivity contribution in [3.05, 3.63) is 59.4 Å². The predicted octanol–water partition coefficient (Wildman–Crippen LogP) is 2.04.